The van der Waals surface area contributed by atoms with Gasteiger partial charge < -0.3 is 30.1 Å². The largest absolute Gasteiger partial charge is 0.469 e. The normalized spacial score (nSPS) is 13.7. The van der Waals surface area contributed by atoms with Crippen LogP contribution in [0.15, 0.2) is 115 Å². The number of hydrogen-bond donors (Lipinski definition) is 2. The molecule has 24 heteroatoms. The van der Waals surface area contributed by atoms with Crippen molar-refractivity contribution in [2.45, 2.75) is 65.2 Å². The lowest BCUT2D eigenvalue weighted by Crippen LogP contribution is -2.25. The molecule has 416 valence electrons. The second-order valence-corrected chi connectivity index (χ2v) is 19.5. The van der Waals surface area contributed by atoms with Gasteiger partial charge in [-0.05, 0) is 61.7 Å². The first-order valence-corrected chi connectivity index (χ1v) is 26.4. The molecule has 0 bridgehead atoms. The molecular weight excluding hydrogens is 1090 g/mol. The average molecular weight is 1160 g/mol. The number of ether oxygens (including phenoxy) is 2. The summed E-state index contributed by atoms with van der Waals surface area (Å²) in [5.41, 5.74) is 12.1. The fourth-order valence-electron chi connectivity index (χ4n) is 8.57. The fraction of sp³-hybridized carbons (Fsp3) is 0.327. The summed E-state index contributed by atoms with van der Waals surface area (Å²) in [6.07, 6.45) is 8.08. The summed E-state index contributed by atoms with van der Waals surface area (Å²) in [6, 6.07) is 34.1. The highest BCUT2D eigenvalue weighted by molar-refractivity contribution is 6.30. The summed E-state index contributed by atoms with van der Waals surface area (Å²) in [7, 11) is 6.71. The van der Waals surface area contributed by atoms with E-state index in [1.54, 1.807) is 21.2 Å². The van der Waals surface area contributed by atoms with Gasteiger partial charge in [-0.3, -0.25) is 9.59 Å². The highest BCUT2D eigenvalue weighted by atomic mass is 35.5. The van der Waals surface area contributed by atoms with Crippen LogP contribution in [0.25, 0.3) is 57.2 Å². The molecule has 1 fully saturated rings. The quantitative estimate of drug-likeness (QED) is 0.0676. The van der Waals surface area contributed by atoms with Crippen LogP contribution in [-0.2, 0) is 25.6 Å². The number of benzene rings is 3. The minimum Gasteiger partial charge on any atom is -0.469 e. The lowest BCUT2D eigenvalue weighted by molar-refractivity contribution is -0.141. The number of hydrogen-bond acceptors (Lipinski definition) is 16. The Labute approximate surface area is 478 Å². The monoisotopic (exact) mass is 1150 g/mol. The number of aromatic nitrogens is 12. The van der Waals surface area contributed by atoms with E-state index in [2.05, 4.69) is 64.5 Å². The Hall–Kier alpha value is -7.17. The van der Waals surface area contributed by atoms with Crippen molar-refractivity contribution in [1.29, 1.82) is 0 Å². The van der Waals surface area contributed by atoms with E-state index in [-0.39, 0.29) is 29.4 Å². The molecule has 0 spiro atoms. The molecule has 0 radical (unpaired) electrons. The molecule has 1 amide bonds. The lowest BCUT2D eigenvalue weighted by atomic mass is 10.0. The van der Waals surface area contributed by atoms with Gasteiger partial charge in [0.2, 0.25) is 5.91 Å². The Morgan fingerprint density at radius 1 is 0.734 bits per heavy atom. The summed E-state index contributed by atoms with van der Waals surface area (Å²) in [4.78, 5) is 27.0. The molecule has 3 N–H and O–H groups in total. The van der Waals surface area contributed by atoms with Crippen molar-refractivity contribution in [2.24, 2.45) is 17.6 Å². The van der Waals surface area contributed by atoms with E-state index in [0.717, 1.165) is 60.0 Å². The second kappa shape index (κ2) is 29.7. The van der Waals surface area contributed by atoms with Crippen LogP contribution in [0.5, 0.6) is 0 Å². The summed E-state index contributed by atoms with van der Waals surface area (Å²) in [6.45, 7) is 6.08. The number of nitrogens with two attached hydrogens (primary N) is 1. The molecule has 3 unspecified atom stereocenters. The van der Waals surface area contributed by atoms with Gasteiger partial charge in [0, 0.05) is 75.0 Å². The maximum absolute atomic E-state index is 12.3. The van der Waals surface area contributed by atoms with Crippen LogP contribution >= 0.6 is 47.2 Å². The number of aliphatic hydroxyl groups excluding tert-OH is 1. The molecule has 9 aromatic rings. The molecule has 7 heterocycles. The first-order chi connectivity index (χ1) is 37.7. The minimum absolute atomic E-state index is 0. The molecule has 0 aliphatic carbocycles. The van der Waals surface area contributed by atoms with Crippen molar-refractivity contribution in [2.75, 3.05) is 41.4 Å². The molecule has 3 aromatic carbocycles. The number of carbonyl (C=O) groups excluding carboxylic acids is 2. The van der Waals surface area contributed by atoms with E-state index in [1.807, 2.05) is 127 Å². The predicted octanol–water partition coefficient (Wildman–Crippen LogP) is 10.00. The van der Waals surface area contributed by atoms with Gasteiger partial charge >= 0.3 is 5.97 Å². The number of rotatable bonds is 16. The van der Waals surface area contributed by atoms with E-state index < -0.39 is 6.29 Å². The molecule has 3 atom stereocenters. The van der Waals surface area contributed by atoms with Crippen molar-refractivity contribution >= 4 is 82.1 Å². The number of amides is 1. The van der Waals surface area contributed by atoms with Gasteiger partial charge in [0.25, 0.3) is 0 Å². The third kappa shape index (κ3) is 16.0. The number of nitrogens with zero attached hydrogens (tertiary/aromatic N) is 14. The third-order valence-corrected chi connectivity index (χ3v) is 12.9. The van der Waals surface area contributed by atoms with E-state index in [9.17, 15) is 14.7 Å². The first kappa shape index (κ1) is 61.0. The van der Waals surface area contributed by atoms with Crippen LogP contribution in [0, 0.1) is 11.8 Å². The highest BCUT2D eigenvalue weighted by Gasteiger charge is 2.30. The van der Waals surface area contributed by atoms with Gasteiger partial charge in [-0.2, -0.15) is 28.8 Å². The van der Waals surface area contributed by atoms with Gasteiger partial charge in [0.1, 0.15) is 0 Å². The van der Waals surface area contributed by atoms with Gasteiger partial charge in [0.05, 0.1) is 12.7 Å². The zero-order chi connectivity index (χ0) is 55.7. The lowest BCUT2D eigenvalue weighted by Gasteiger charge is -2.17. The van der Waals surface area contributed by atoms with Crippen LogP contribution in [0.3, 0.4) is 0 Å². The van der Waals surface area contributed by atoms with Crippen molar-refractivity contribution in [1.82, 2.24) is 69.2 Å². The summed E-state index contributed by atoms with van der Waals surface area (Å²) in [5.74, 6) is 2.64. The van der Waals surface area contributed by atoms with Crippen LogP contribution in [-0.4, -0.2) is 128 Å². The molecule has 79 heavy (non-hydrogen) atoms. The number of esters is 1. The van der Waals surface area contributed by atoms with Gasteiger partial charge in [-0.25, -0.2) is 0 Å². The number of fused-ring (bicyclic) bond motifs is 3. The smallest absolute Gasteiger partial charge is 0.305 e. The van der Waals surface area contributed by atoms with Gasteiger partial charge in [0.15, 0.2) is 56.2 Å². The van der Waals surface area contributed by atoms with Crippen LogP contribution < -0.4 is 5.73 Å². The fourth-order valence-corrected chi connectivity index (χ4v) is 9.17. The maximum Gasteiger partial charge on any atom is 0.305 e. The van der Waals surface area contributed by atoms with E-state index >= 15 is 0 Å². The van der Waals surface area contributed by atoms with E-state index in [0.29, 0.717) is 88.1 Å². The third-order valence-electron chi connectivity index (χ3n) is 12.4. The molecule has 10 rings (SSSR count). The standard InChI is InChI=1S/C19H20ClN5O.C15H14ClN5.C13H11ClN4O2.C8H17NO2.ClH/c1-2-6-13-9-17(26)24(11-13)12-15-10-16(20)23-25-18(21-22-19(15)25)14-7-4-3-5-8-14;1-20(2)9-8-12-10-13(16)19-21-14(17-18-15(12)21)11-6-4-3-5-7-11;1-20-13(19)9-7-10(14)17-18-11(15-16-12(9)18)8-5-3-2-4-6-8;1-3-4-7(6-9)5-8(10)11-2;/h3-5,7-8,10,13H,2,6,9,11-12H2,1H3;3-10H,1-2H3;2-7,13,19H,1H3;7H,3-6,9H2,1-2H3;1H/b;9-8+;;;. The predicted molar refractivity (Wildman–Crippen MR) is 308 cm³/mol. The Morgan fingerprint density at radius 2 is 1.23 bits per heavy atom. The Bertz CT molecular complexity index is 3420. The Balaban J connectivity index is 0.000000176. The summed E-state index contributed by atoms with van der Waals surface area (Å²) < 4.78 is 14.3. The summed E-state index contributed by atoms with van der Waals surface area (Å²) in [5, 5.41) is 48.9. The Morgan fingerprint density at radius 3 is 1.72 bits per heavy atom. The number of aliphatic hydroxyl groups is 1. The molecule has 1 aliphatic heterocycles. The van der Waals surface area contributed by atoms with Crippen LogP contribution in [0.1, 0.15) is 75.4 Å². The minimum atomic E-state index is -1.13. The van der Waals surface area contributed by atoms with Crippen LogP contribution in [0.2, 0.25) is 15.5 Å². The topological polar surface area (TPSA) is 235 Å². The number of carbonyl (C=O) groups is 2. The van der Waals surface area contributed by atoms with Crippen LogP contribution in [0.4, 0.5) is 0 Å². The van der Waals surface area contributed by atoms with Crippen molar-refractivity contribution in [3.8, 4) is 34.2 Å². The number of likely N-dealkylation sites (tertiary alicyclic amines) is 1. The van der Waals surface area contributed by atoms with Crippen molar-refractivity contribution in [3.63, 3.8) is 0 Å². The zero-order valence-electron chi connectivity index (χ0n) is 44.6. The van der Waals surface area contributed by atoms with E-state index in [1.165, 1.54) is 24.8 Å². The van der Waals surface area contributed by atoms with Gasteiger partial charge in [-0.1, -0.05) is 152 Å². The number of methoxy groups -OCH3 is 2. The first-order valence-electron chi connectivity index (χ1n) is 25.3. The number of halogens is 4. The molecule has 0 saturated carbocycles. The van der Waals surface area contributed by atoms with Crippen molar-refractivity contribution in [3.05, 3.63) is 148 Å². The molecular formula is C55H63Cl4N15O5. The SMILES string of the molecule is CCCC(CN)CC(=O)OC.CCCC1CC(=O)N(Cc2cc(Cl)nn3c(-c4ccccc4)nnc23)C1.CN(C)/C=C/c1cc(Cl)nn2c(-c3ccccc3)nnc12.COC(O)c1cc(Cl)nn2c(-c3ccccc3)nnc12.Cl. The average Bonchev–Trinajstić information content (AvgIpc) is 4.35. The summed E-state index contributed by atoms with van der Waals surface area (Å²) >= 11 is 18.4. The van der Waals surface area contributed by atoms with E-state index in [4.69, 9.17) is 45.3 Å². The molecule has 6 aromatic heterocycles. The Kier molecular flexibility index (Phi) is 23.0. The molecule has 20 nitrogen and oxygen atoms in total. The molecule has 1 aliphatic rings. The molecule has 1 saturated heterocycles. The highest BCUT2D eigenvalue weighted by Crippen LogP contribution is 2.29. The van der Waals surface area contributed by atoms with Gasteiger partial charge in [-0.15, -0.1) is 43.0 Å². The van der Waals surface area contributed by atoms with Crippen molar-refractivity contribution < 1.29 is 24.2 Å². The maximum atomic E-state index is 12.3. The second-order valence-electron chi connectivity index (χ2n) is 18.4. The zero-order valence-corrected chi connectivity index (χ0v) is 47.7.